The van der Waals surface area contributed by atoms with Crippen molar-refractivity contribution in [3.63, 3.8) is 0 Å². The van der Waals surface area contributed by atoms with Gasteiger partial charge in [-0.1, -0.05) is 25.5 Å². The maximum Gasteiger partial charge on any atom is 0.137 e. The van der Waals surface area contributed by atoms with Crippen LogP contribution in [0.25, 0.3) is 0 Å². The predicted octanol–water partition coefficient (Wildman–Crippen LogP) is -1.85. The summed E-state index contributed by atoms with van der Waals surface area (Å²) in [6.07, 6.45) is 1.81. The normalized spacial score (nSPS) is 22.7. The standard InChI is InChI=1S/C18H30N2O3/c1-2-3-16-4-6-18(7-5-16)23-15-17(22)14-20-10-8-19(9-11-20)12-13-21/h4-7,17,21-22H,2-3,8-15H2,1H3/p+2/t17-/m0/s1. The third kappa shape index (κ3) is 6.47. The summed E-state index contributed by atoms with van der Waals surface area (Å²) < 4.78 is 5.70. The fourth-order valence-corrected chi connectivity index (χ4v) is 3.19. The number of nitrogens with one attached hydrogen (secondary N) is 2. The minimum atomic E-state index is -0.431. The second kappa shape index (κ2) is 9.88. The van der Waals surface area contributed by atoms with Gasteiger partial charge in [0, 0.05) is 0 Å². The van der Waals surface area contributed by atoms with Crippen LogP contribution < -0.4 is 14.5 Å². The van der Waals surface area contributed by atoms with E-state index in [-0.39, 0.29) is 6.61 Å². The van der Waals surface area contributed by atoms with Gasteiger partial charge in [0.25, 0.3) is 0 Å². The van der Waals surface area contributed by atoms with Crippen molar-refractivity contribution in [2.75, 3.05) is 52.5 Å². The van der Waals surface area contributed by atoms with Crippen molar-refractivity contribution in [2.45, 2.75) is 25.9 Å². The van der Waals surface area contributed by atoms with Crippen molar-refractivity contribution in [3.8, 4) is 5.75 Å². The highest BCUT2D eigenvalue weighted by Crippen LogP contribution is 2.13. The Morgan fingerprint density at radius 2 is 1.74 bits per heavy atom. The molecule has 1 aromatic carbocycles. The van der Waals surface area contributed by atoms with Gasteiger partial charge in [0.2, 0.25) is 0 Å². The molecule has 5 heteroatoms. The first-order valence-corrected chi connectivity index (χ1v) is 8.89. The van der Waals surface area contributed by atoms with Gasteiger partial charge in [-0.15, -0.1) is 0 Å². The number of aliphatic hydroxyl groups is 2. The average molecular weight is 324 g/mol. The fourth-order valence-electron chi connectivity index (χ4n) is 3.19. The average Bonchev–Trinajstić information content (AvgIpc) is 2.57. The van der Waals surface area contributed by atoms with E-state index in [9.17, 15) is 5.11 Å². The minimum absolute atomic E-state index is 0.262. The molecule has 2 rings (SSSR count). The molecule has 130 valence electrons. The van der Waals surface area contributed by atoms with Crippen molar-refractivity contribution in [3.05, 3.63) is 29.8 Å². The van der Waals surface area contributed by atoms with Crippen molar-refractivity contribution in [2.24, 2.45) is 0 Å². The summed E-state index contributed by atoms with van der Waals surface area (Å²) in [5.74, 6) is 0.830. The topological polar surface area (TPSA) is 58.6 Å². The smallest absolute Gasteiger partial charge is 0.137 e. The second-order valence-corrected chi connectivity index (χ2v) is 6.54. The molecule has 0 aromatic heterocycles. The lowest BCUT2D eigenvalue weighted by molar-refractivity contribution is -1.01. The number of aryl methyl sites for hydroxylation is 1. The van der Waals surface area contributed by atoms with E-state index in [1.165, 1.54) is 15.4 Å². The lowest BCUT2D eigenvalue weighted by Gasteiger charge is -2.30. The van der Waals surface area contributed by atoms with E-state index in [0.717, 1.165) is 57.9 Å². The summed E-state index contributed by atoms with van der Waals surface area (Å²) in [5, 5.41) is 19.1. The van der Waals surface area contributed by atoms with Gasteiger partial charge >= 0.3 is 0 Å². The molecule has 4 N–H and O–H groups in total. The monoisotopic (exact) mass is 324 g/mol. The first-order chi connectivity index (χ1) is 11.2. The third-order valence-electron chi connectivity index (χ3n) is 4.56. The van der Waals surface area contributed by atoms with Crippen molar-refractivity contribution in [1.29, 1.82) is 0 Å². The molecule has 0 spiro atoms. The van der Waals surface area contributed by atoms with E-state index in [1.807, 2.05) is 12.1 Å². The van der Waals surface area contributed by atoms with Gasteiger partial charge in [-0.05, 0) is 24.1 Å². The number of aliphatic hydroxyl groups excluding tert-OH is 2. The van der Waals surface area contributed by atoms with E-state index in [0.29, 0.717) is 6.61 Å². The number of benzene rings is 1. The fraction of sp³-hybridized carbons (Fsp3) is 0.667. The van der Waals surface area contributed by atoms with Crippen molar-refractivity contribution < 1.29 is 24.7 Å². The molecule has 1 aliphatic heterocycles. The summed E-state index contributed by atoms with van der Waals surface area (Å²) in [6.45, 7) is 8.62. The summed E-state index contributed by atoms with van der Waals surface area (Å²) in [7, 11) is 0. The van der Waals surface area contributed by atoms with Crippen LogP contribution in [0.5, 0.6) is 5.75 Å². The molecule has 5 nitrogen and oxygen atoms in total. The highest BCUT2D eigenvalue weighted by atomic mass is 16.5. The molecule has 0 aliphatic carbocycles. The minimum Gasteiger partial charge on any atom is -0.491 e. The number of quaternary nitrogens is 2. The maximum atomic E-state index is 10.2. The molecule has 1 fully saturated rings. The van der Waals surface area contributed by atoms with Gasteiger partial charge in [-0.25, -0.2) is 0 Å². The van der Waals surface area contributed by atoms with Gasteiger partial charge in [-0.3, -0.25) is 0 Å². The molecule has 1 aliphatic rings. The Bertz CT molecular complexity index is 430. The molecule has 1 aromatic rings. The van der Waals surface area contributed by atoms with Gasteiger partial charge in [0.05, 0.1) is 6.61 Å². The Morgan fingerprint density at radius 1 is 1.09 bits per heavy atom. The Kier molecular flexibility index (Phi) is 7.82. The van der Waals surface area contributed by atoms with Crippen LogP contribution in [0.2, 0.25) is 0 Å². The van der Waals surface area contributed by atoms with E-state index >= 15 is 0 Å². The first kappa shape index (κ1) is 18.2. The Morgan fingerprint density at radius 3 is 2.35 bits per heavy atom. The number of rotatable bonds is 9. The van der Waals surface area contributed by atoms with Crippen LogP contribution in [0.1, 0.15) is 18.9 Å². The molecule has 0 unspecified atom stereocenters. The first-order valence-electron chi connectivity index (χ1n) is 8.89. The molecule has 1 atom stereocenters. The summed E-state index contributed by atoms with van der Waals surface area (Å²) in [5.41, 5.74) is 1.33. The highest BCUT2D eigenvalue weighted by molar-refractivity contribution is 5.27. The van der Waals surface area contributed by atoms with E-state index in [4.69, 9.17) is 9.84 Å². The van der Waals surface area contributed by atoms with Gasteiger partial charge < -0.3 is 24.7 Å². The lowest BCUT2D eigenvalue weighted by atomic mass is 10.1. The number of hydrogen-bond donors (Lipinski definition) is 4. The highest BCUT2D eigenvalue weighted by Gasteiger charge is 2.24. The van der Waals surface area contributed by atoms with Crippen LogP contribution in [0.15, 0.2) is 24.3 Å². The van der Waals surface area contributed by atoms with E-state index in [2.05, 4.69) is 19.1 Å². The molecule has 1 heterocycles. The number of piperazine rings is 1. The van der Waals surface area contributed by atoms with Crippen LogP contribution in [0, 0.1) is 0 Å². The molecular weight excluding hydrogens is 292 g/mol. The van der Waals surface area contributed by atoms with Crippen molar-refractivity contribution >= 4 is 0 Å². The molecule has 0 saturated carbocycles. The zero-order chi connectivity index (χ0) is 16.5. The van der Waals surface area contributed by atoms with Crippen LogP contribution in [0.3, 0.4) is 0 Å². The quantitative estimate of drug-likeness (QED) is 0.432. The Balaban J connectivity index is 1.66. The summed E-state index contributed by atoms with van der Waals surface area (Å²) in [4.78, 5) is 2.90. The molecule has 0 amide bonds. The molecule has 0 bridgehead atoms. The SMILES string of the molecule is CCCc1ccc(OC[C@@H](O)C[NH+]2CC[NH+](CCO)CC2)cc1. The second-order valence-electron chi connectivity index (χ2n) is 6.54. The number of hydrogen-bond acceptors (Lipinski definition) is 3. The van der Waals surface area contributed by atoms with Gasteiger partial charge in [0.15, 0.2) is 0 Å². The number of ether oxygens (including phenoxy) is 1. The van der Waals surface area contributed by atoms with Gasteiger partial charge in [0.1, 0.15) is 57.7 Å². The van der Waals surface area contributed by atoms with Gasteiger partial charge in [-0.2, -0.15) is 0 Å². The lowest BCUT2D eigenvalue weighted by Crippen LogP contribution is -3.28. The van der Waals surface area contributed by atoms with E-state index < -0.39 is 6.10 Å². The van der Waals surface area contributed by atoms with Crippen LogP contribution in [-0.4, -0.2) is 68.8 Å². The predicted molar refractivity (Wildman–Crippen MR) is 90.2 cm³/mol. The maximum absolute atomic E-state index is 10.2. The molecular formula is C18H32N2O3+2. The largest absolute Gasteiger partial charge is 0.491 e. The third-order valence-corrected chi connectivity index (χ3v) is 4.56. The van der Waals surface area contributed by atoms with Crippen LogP contribution in [-0.2, 0) is 6.42 Å². The van der Waals surface area contributed by atoms with E-state index in [1.54, 1.807) is 0 Å². The molecule has 0 radical (unpaired) electrons. The molecule has 23 heavy (non-hydrogen) atoms. The van der Waals surface area contributed by atoms with Crippen LogP contribution in [0.4, 0.5) is 0 Å². The van der Waals surface area contributed by atoms with Crippen LogP contribution >= 0.6 is 0 Å². The zero-order valence-corrected chi connectivity index (χ0v) is 14.3. The molecule has 1 saturated heterocycles. The summed E-state index contributed by atoms with van der Waals surface area (Å²) >= 11 is 0. The zero-order valence-electron chi connectivity index (χ0n) is 14.3. The van der Waals surface area contributed by atoms with Crippen molar-refractivity contribution in [1.82, 2.24) is 0 Å². The Labute approximate surface area is 139 Å². The summed E-state index contributed by atoms with van der Waals surface area (Å²) in [6, 6.07) is 8.17. The Hall–Kier alpha value is -1.14.